The molecule has 1 atom stereocenters. The molecule has 0 spiro atoms. The molecule has 3 heteroatoms. The van der Waals surface area contributed by atoms with Crippen LogP contribution in [0.15, 0.2) is 0 Å². The van der Waals surface area contributed by atoms with Crippen molar-refractivity contribution in [2.45, 2.75) is 51.7 Å². The monoisotopic (exact) mass is 242 g/mol. The van der Waals surface area contributed by atoms with Crippen molar-refractivity contribution in [3.8, 4) is 0 Å². The molecule has 1 rings (SSSR count). The number of hydrogen-bond donors (Lipinski definition) is 1. The Morgan fingerprint density at radius 2 is 1.94 bits per heavy atom. The first-order chi connectivity index (χ1) is 8.13. The molecule has 0 aromatic rings. The summed E-state index contributed by atoms with van der Waals surface area (Å²) in [7, 11) is 4.30. The standard InChI is InChI=1S/C14H30N2O/c1-12(2)17-10-9-16(4)11-14(15-3)13-7-5-6-8-13/h12-15H,5-11H2,1-4H3. The molecule has 0 aromatic carbocycles. The second-order valence-electron chi connectivity index (χ2n) is 5.62. The smallest absolute Gasteiger partial charge is 0.0596 e. The van der Waals surface area contributed by atoms with E-state index in [9.17, 15) is 0 Å². The van der Waals surface area contributed by atoms with Crippen LogP contribution in [0.2, 0.25) is 0 Å². The molecule has 1 aliphatic rings. The summed E-state index contributed by atoms with van der Waals surface area (Å²) in [6.07, 6.45) is 5.99. The molecule has 1 N–H and O–H groups in total. The average Bonchev–Trinajstić information content (AvgIpc) is 2.78. The fourth-order valence-electron chi connectivity index (χ4n) is 2.71. The Bertz CT molecular complexity index is 191. The summed E-state index contributed by atoms with van der Waals surface area (Å²) in [5, 5.41) is 3.49. The first kappa shape index (κ1) is 14.9. The molecule has 1 aliphatic carbocycles. The van der Waals surface area contributed by atoms with Gasteiger partial charge in [-0.3, -0.25) is 0 Å². The molecule has 0 aliphatic heterocycles. The minimum atomic E-state index is 0.346. The van der Waals surface area contributed by atoms with E-state index in [1.807, 2.05) is 0 Å². The highest BCUT2D eigenvalue weighted by Crippen LogP contribution is 2.27. The molecular formula is C14H30N2O. The van der Waals surface area contributed by atoms with Gasteiger partial charge in [0.15, 0.2) is 0 Å². The molecule has 0 radical (unpaired) electrons. The average molecular weight is 242 g/mol. The van der Waals surface area contributed by atoms with Crippen molar-refractivity contribution >= 4 is 0 Å². The summed E-state index contributed by atoms with van der Waals surface area (Å²) in [5.41, 5.74) is 0. The molecule has 17 heavy (non-hydrogen) atoms. The molecule has 1 unspecified atom stereocenters. The van der Waals surface area contributed by atoms with Gasteiger partial charge in [-0.25, -0.2) is 0 Å². The van der Waals surface area contributed by atoms with Gasteiger partial charge in [0, 0.05) is 19.1 Å². The quantitative estimate of drug-likeness (QED) is 0.705. The van der Waals surface area contributed by atoms with E-state index in [1.165, 1.54) is 25.7 Å². The number of ether oxygens (including phenoxy) is 1. The van der Waals surface area contributed by atoms with E-state index < -0.39 is 0 Å². The normalized spacial score (nSPS) is 19.4. The number of nitrogens with zero attached hydrogens (tertiary/aromatic N) is 1. The fourth-order valence-corrected chi connectivity index (χ4v) is 2.71. The van der Waals surface area contributed by atoms with Gasteiger partial charge in [-0.1, -0.05) is 12.8 Å². The zero-order valence-corrected chi connectivity index (χ0v) is 12.0. The van der Waals surface area contributed by atoms with Crippen LogP contribution < -0.4 is 5.32 Å². The molecule has 0 bridgehead atoms. The number of nitrogens with one attached hydrogen (secondary N) is 1. The van der Waals surface area contributed by atoms with Crippen molar-refractivity contribution < 1.29 is 4.74 Å². The predicted molar refractivity (Wildman–Crippen MR) is 73.4 cm³/mol. The van der Waals surface area contributed by atoms with Crippen molar-refractivity contribution in [3.05, 3.63) is 0 Å². The lowest BCUT2D eigenvalue weighted by Gasteiger charge is -2.28. The van der Waals surface area contributed by atoms with Gasteiger partial charge in [-0.2, -0.15) is 0 Å². The van der Waals surface area contributed by atoms with E-state index in [0.29, 0.717) is 12.1 Å². The van der Waals surface area contributed by atoms with Crippen LogP contribution in [-0.2, 0) is 4.74 Å². The Balaban J connectivity index is 2.19. The van der Waals surface area contributed by atoms with Crippen molar-refractivity contribution in [2.75, 3.05) is 33.8 Å². The summed E-state index contributed by atoms with van der Waals surface area (Å²) < 4.78 is 5.59. The third-order valence-electron chi connectivity index (χ3n) is 3.77. The van der Waals surface area contributed by atoms with Gasteiger partial charge < -0.3 is 15.0 Å². The SMILES string of the molecule is CNC(CN(C)CCOC(C)C)C1CCCC1. The van der Waals surface area contributed by atoms with Crippen molar-refractivity contribution in [1.82, 2.24) is 10.2 Å². The van der Waals surface area contributed by atoms with E-state index >= 15 is 0 Å². The summed E-state index contributed by atoms with van der Waals surface area (Å²) in [6.45, 7) is 7.20. The number of hydrogen-bond acceptors (Lipinski definition) is 3. The van der Waals surface area contributed by atoms with Gasteiger partial charge in [0.05, 0.1) is 12.7 Å². The molecule has 0 amide bonds. The molecule has 0 saturated heterocycles. The second kappa shape index (κ2) is 8.06. The fraction of sp³-hybridized carbons (Fsp3) is 1.00. The van der Waals surface area contributed by atoms with Crippen LogP contribution in [0.1, 0.15) is 39.5 Å². The summed E-state index contributed by atoms with van der Waals surface area (Å²) in [5.74, 6) is 0.883. The Hall–Kier alpha value is -0.120. The zero-order valence-electron chi connectivity index (χ0n) is 12.0. The zero-order chi connectivity index (χ0) is 12.7. The second-order valence-corrected chi connectivity index (χ2v) is 5.62. The van der Waals surface area contributed by atoms with Crippen LogP contribution in [0.5, 0.6) is 0 Å². The highest BCUT2D eigenvalue weighted by molar-refractivity contribution is 4.81. The van der Waals surface area contributed by atoms with Gasteiger partial charge in [0.25, 0.3) is 0 Å². The minimum absolute atomic E-state index is 0.346. The van der Waals surface area contributed by atoms with Crippen LogP contribution >= 0.6 is 0 Å². The molecule has 1 fully saturated rings. The third kappa shape index (κ3) is 5.84. The van der Waals surface area contributed by atoms with Crippen LogP contribution in [0.3, 0.4) is 0 Å². The Kier molecular flexibility index (Phi) is 7.09. The van der Waals surface area contributed by atoms with Gasteiger partial charge in [-0.05, 0) is 46.7 Å². The largest absolute Gasteiger partial charge is 0.377 e. The molecule has 3 nitrogen and oxygen atoms in total. The van der Waals surface area contributed by atoms with Gasteiger partial charge in [-0.15, -0.1) is 0 Å². The van der Waals surface area contributed by atoms with Crippen molar-refractivity contribution in [1.29, 1.82) is 0 Å². The van der Waals surface area contributed by atoms with Crippen molar-refractivity contribution in [3.63, 3.8) is 0 Å². The number of likely N-dealkylation sites (N-methyl/N-ethyl adjacent to an activating group) is 2. The van der Waals surface area contributed by atoms with E-state index in [0.717, 1.165) is 25.6 Å². The molecule has 1 saturated carbocycles. The Morgan fingerprint density at radius 3 is 2.47 bits per heavy atom. The van der Waals surface area contributed by atoms with E-state index in [-0.39, 0.29) is 0 Å². The van der Waals surface area contributed by atoms with Crippen LogP contribution in [0.25, 0.3) is 0 Å². The summed E-state index contributed by atoms with van der Waals surface area (Å²) in [6, 6.07) is 0.654. The maximum absolute atomic E-state index is 5.59. The Labute approximate surface area is 107 Å². The first-order valence-electron chi connectivity index (χ1n) is 7.11. The summed E-state index contributed by atoms with van der Waals surface area (Å²) in [4.78, 5) is 2.39. The minimum Gasteiger partial charge on any atom is -0.377 e. The lowest BCUT2D eigenvalue weighted by Crippen LogP contribution is -2.43. The highest BCUT2D eigenvalue weighted by Gasteiger charge is 2.24. The summed E-state index contributed by atoms with van der Waals surface area (Å²) >= 11 is 0. The van der Waals surface area contributed by atoms with E-state index in [2.05, 4.69) is 38.2 Å². The third-order valence-corrected chi connectivity index (χ3v) is 3.77. The van der Waals surface area contributed by atoms with Gasteiger partial charge in [0.2, 0.25) is 0 Å². The molecule has 0 heterocycles. The topological polar surface area (TPSA) is 24.5 Å². The lowest BCUT2D eigenvalue weighted by atomic mass is 9.98. The molecule has 0 aromatic heterocycles. The van der Waals surface area contributed by atoms with Crippen LogP contribution in [0, 0.1) is 5.92 Å². The van der Waals surface area contributed by atoms with Gasteiger partial charge >= 0.3 is 0 Å². The van der Waals surface area contributed by atoms with E-state index in [4.69, 9.17) is 4.74 Å². The van der Waals surface area contributed by atoms with Crippen LogP contribution in [-0.4, -0.2) is 50.8 Å². The number of rotatable bonds is 8. The lowest BCUT2D eigenvalue weighted by molar-refractivity contribution is 0.0611. The first-order valence-corrected chi connectivity index (χ1v) is 7.11. The maximum atomic E-state index is 5.59. The van der Waals surface area contributed by atoms with Crippen molar-refractivity contribution in [2.24, 2.45) is 5.92 Å². The maximum Gasteiger partial charge on any atom is 0.0596 e. The predicted octanol–water partition coefficient (Wildman–Crippen LogP) is 2.12. The van der Waals surface area contributed by atoms with E-state index in [1.54, 1.807) is 0 Å². The molecular weight excluding hydrogens is 212 g/mol. The van der Waals surface area contributed by atoms with Gasteiger partial charge in [0.1, 0.15) is 0 Å². The highest BCUT2D eigenvalue weighted by atomic mass is 16.5. The Morgan fingerprint density at radius 1 is 1.29 bits per heavy atom. The van der Waals surface area contributed by atoms with Crippen LogP contribution in [0.4, 0.5) is 0 Å². The molecule has 102 valence electrons.